The molecule has 3 heterocycles. The fourth-order valence-corrected chi connectivity index (χ4v) is 5.32. The SMILES string of the molecule is O=C(NCC1(c2ccc3c(c2)OCCO3)CCCC1)C1CCCN(C(=O)c2ccco2)C1. The Balaban J connectivity index is 1.25. The fraction of sp³-hybridized carbons (Fsp3) is 0.520. The molecule has 2 fully saturated rings. The van der Waals surface area contributed by atoms with Gasteiger partial charge in [0.2, 0.25) is 5.91 Å². The molecule has 2 aliphatic heterocycles. The monoisotopic (exact) mass is 438 g/mol. The predicted octanol–water partition coefficient (Wildman–Crippen LogP) is 3.53. The van der Waals surface area contributed by atoms with E-state index in [2.05, 4.69) is 17.4 Å². The van der Waals surface area contributed by atoms with Crippen LogP contribution in [-0.4, -0.2) is 49.6 Å². The van der Waals surface area contributed by atoms with Gasteiger partial charge in [-0.1, -0.05) is 18.9 Å². The number of carbonyl (C=O) groups excluding carboxylic acids is 2. The molecular formula is C25H30N2O5. The number of benzene rings is 1. The normalized spacial score (nSPS) is 21.9. The van der Waals surface area contributed by atoms with Crippen molar-refractivity contribution in [2.45, 2.75) is 43.9 Å². The Bertz CT molecular complexity index is 965. The predicted molar refractivity (Wildman–Crippen MR) is 118 cm³/mol. The summed E-state index contributed by atoms with van der Waals surface area (Å²) in [6.45, 7) is 2.84. The zero-order chi connectivity index (χ0) is 22.0. The number of carbonyl (C=O) groups is 2. The van der Waals surface area contributed by atoms with Crippen molar-refractivity contribution in [1.82, 2.24) is 10.2 Å². The lowest BCUT2D eigenvalue weighted by molar-refractivity contribution is -0.126. The summed E-state index contributed by atoms with van der Waals surface area (Å²) in [7, 11) is 0. The number of piperidine rings is 1. The highest BCUT2D eigenvalue weighted by atomic mass is 16.6. The van der Waals surface area contributed by atoms with Crippen LogP contribution in [0.4, 0.5) is 0 Å². The molecule has 1 atom stereocenters. The number of amides is 2. The number of ether oxygens (including phenoxy) is 2. The number of furan rings is 1. The zero-order valence-corrected chi connectivity index (χ0v) is 18.3. The van der Waals surface area contributed by atoms with Crippen LogP contribution in [0.25, 0.3) is 0 Å². The molecular weight excluding hydrogens is 408 g/mol. The Morgan fingerprint density at radius 3 is 2.66 bits per heavy atom. The lowest BCUT2D eigenvalue weighted by atomic mass is 9.78. The van der Waals surface area contributed by atoms with Gasteiger partial charge in [-0.25, -0.2) is 0 Å². The molecule has 170 valence electrons. The summed E-state index contributed by atoms with van der Waals surface area (Å²) in [5.41, 5.74) is 1.13. The first-order valence-electron chi connectivity index (χ1n) is 11.7. The van der Waals surface area contributed by atoms with Gasteiger partial charge in [-0.15, -0.1) is 0 Å². The van der Waals surface area contributed by atoms with Crippen LogP contribution in [0, 0.1) is 5.92 Å². The molecule has 1 aromatic carbocycles. The second-order valence-electron chi connectivity index (χ2n) is 9.13. The van der Waals surface area contributed by atoms with Gasteiger partial charge in [0.1, 0.15) is 13.2 Å². The third-order valence-electron chi connectivity index (χ3n) is 7.13. The lowest BCUT2D eigenvalue weighted by Gasteiger charge is -2.34. The Morgan fingerprint density at radius 1 is 1.06 bits per heavy atom. The highest BCUT2D eigenvalue weighted by Crippen LogP contribution is 2.44. The van der Waals surface area contributed by atoms with Crippen molar-refractivity contribution in [2.24, 2.45) is 5.92 Å². The molecule has 1 N–H and O–H groups in total. The van der Waals surface area contributed by atoms with E-state index in [4.69, 9.17) is 13.9 Å². The highest BCUT2D eigenvalue weighted by Gasteiger charge is 2.38. The number of nitrogens with one attached hydrogen (secondary N) is 1. The van der Waals surface area contributed by atoms with E-state index >= 15 is 0 Å². The van der Waals surface area contributed by atoms with Crippen LogP contribution >= 0.6 is 0 Å². The van der Waals surface area contributed by atoms with E-state index in [0.29, 0.717) is 38.6 Å². The third-order valence-corrected chi connectivity index (χ3v) is 7.13. The Kier molecular flexibility index (Phi) is 5.81. The van der Waals surface area contributed by atoms with E-state index in [1.165, 1.54) is 11.8 Å². The van der Waals surface area contributed by atoms with Crippen molar-refractivity contribution in [3.05, 3.63) is 47.9 Å². The van der Waals surface area contributed by atoms with E-state index in [9.17, 15) is 9.59 Å². The summed E-state index contributed by atoms with van der Waals surface area (Å²) in [5, 5.41) is 3.24. The van der Waals surface area contributed by atoms with Crippen molar-refractivity contribution in [3.63, 3.8) is 0 Å². The first-order valence-corrected chi connectivity index (χ1v) is 11.7. The Hall–Kier alpha value is -2.96. The number of hydrogen-bond donors (Lipinski definition) is 1. The Labute approximate surface area is 188 Å². The van der Waals surface area contributed by atoms with E-state index < -0.39 is 0 Å². The molecule has 2 aromatic rings. The van der Waals surface area contributed by atoms with Gasteiger partial charge in [-0.3, -0.25) is 9.59 Å². The van der Waals surface area contributed by atoms with Crippen LogP contribution in [0.5, 0.6) is 11.5 Å². The first kappa shape index (κ1) is 20.9. The van der Waals surface area contributed by atoms with Gasteiger partial charge in [-0.05, 0) is 55.5 Å². The Morgan fingerprint density at radius 2 is 1.88 bits per heavy atom. The van der Waals surface area contributed by atoms with E-state index in [-0.39, 0.29) is 23.1 Å². The van der Waals surface area contributed by atoms with Gasteiger partial charge >= 0.3 is 0 Å². The smallest absolute Gasteiger partial charge is 0.289 e. The number of likely N-dealkylation sites (tertiary alicyclic amines) is 1. The minimum absolute atomic E-state index is 0.0331. The van der Waals surface area contributed by atoms with Crippen LogP contribution in [0.15, 0.2) is 41.0 Å². The van der Waals surface area contributed by atoms with Crippen molar-refractivity contribution in [1.29, 1.82) is 0 Å². The van der Waals surface area contributed by atoms with Gasteiger partial charge in [-0.2, -0.15) is 0 Å². The average Bonchev–Trinajstić information content (AvgIpc) is 3.55. The summed E-state index contributed by atoms with van der Waals surface area (Å²) in [6.07, 6.45) is 7.50. The standard InChI is InChI=1S/C25H30N2O5/c28-23(18-5-3-11-27(16-18)24(29)21-6-4-12-30-21)26-17-25(9-1-2-10-25)19-7-8-20-22(15-19)32-14-13-31-20/h4,6-8,12,15,18H,1-3,5,9-11,13-14,16-17H2,(H,26,28). The molecule has 1 unspecified atom stereocenters. The maximum atomic E-state index is 13.1. The summed E-state index contributed by atoms with van der Waals surface area (Å²) < 4.78 is 16.7. The molecule has 1 saturated heterocycles. The molecule has 0 spiro atoms. The van der Waals surface area contributed by atoms with E-state index in [0.717, 1.165) is 50.0 Å². The van der Waals surface area contributed by atoms with E-state index in [1.54, 1.807) is 17.0 Å². The summed E-state index contributed by atoms with van der Waals surface area (Å²) in [6, 6.07) is 9.58. The molecule has 1 saturated carbocycles. The number of rotatable bonds is 5. The molecule has 7 heteroatoms. The molecule has 3 aliphatic rings. The minimum Gasteiger partial charge on any atom is -0.486 e. The average molecular weight is 439 g/mol. The molecule has 7 nitrogen and oxygen atoms in total. The molecule has 0 radical (unpaired) electrons. The fourth-order valence-electron chi connectivity index (χ4n) is 5.32. The first-order chi connectivity index (χ1) is 15.6. The maximum Gasteiger partial charge on any atom is 0.289 e. The topological polar surface area (TPSA) is 81.0 Å². The van der Waals surface area contributed by atoms with Gasteiger partial charge in [0, 0.05) is 25.0 Å². The van der Waals surface area contributed by atoms with Crippen LogP contribution in [0.3, 0.4) is 0 Å². The molecule has 2 amide bonds. The number of nitrogens with zero attached hydrogens (tertiary/aromatic N) is 1. The van der Waals surface area contributed by atoms with Crippen molar-refractivity contribution >= 4 is 11.8 Å². The third kappa shape index (κ3) is 4.08. The molecule has 1 aliphatic carbocycles. The van der Waals surface area contributed by atoms with Gasteiger partial charge in [0.05, 0.1) is 12.2 Å². The van der Waals surface area contributed by atoms with Gasteiger partial charge in [0.15, 0.2) is 17.3 Å². The zero-order valence-electron chi connectivity index (χ0n) is 18.3. The second-order valence-corrected chi connectivity index (χ2v) is 9.13. The number of hydrogen-bond acceptors (Lipinski definition) is 5. The van der Waals surface area contributed by atoms with Crippen LogP contribution in [-0.2, 0) is 10.2 Å². The molecule has 1 aromatic heterocycles. The van der Waals surface area contributed by atoms with Crippen LogP contribution in [0.2, 0.25) is 0 Å². The molecule has 32 heavy (non-hydrogen) atoms. The van der Waals surface area contributed by atoms with Crippen molar-refractivity contribution in [3.8, 4) is 11.5 Å². The number of fused-ring (bicyclic) bond motifs is 1. The van der Waals surface area contributed by atoms with Crippen molar-refractivity contribution in [2.75, 3.05) is 32.8 Å². The van der Waals surface area contributed by atoms with Gasteiger partial charge < -0.3 is 24.1 Å². The van der Waals surface area contributed by atoms with Crippen LogP contribution < -0.4 is 14.8 Å². The van der Waals surface area contributed by atoms with Crippen molar-refractivity contribution < 1.29 is 23.5 Å². The van der Waals surface area contributed by atoms with E-state index in [1.807, 2.05) is 6.07 Å². The summed E-state index contributed by atoms with van der Waals surface area (Å²) in [4.78, 5) is 27.5. The highest BCUT2D eigenvalue weighted by molar-refractivity contribution is 5.92. The summed E-state index contributed by atoms with van der Waals surface area (Å²) in [5.74, 6) is 1.61. The lowest BCUT2D eigenvalue weighted by Crippen LogP contribution is -2.47. The minimum atomic E-state index is -0.193. The largest absolute Gasteiger partial charge is 0.486 e. The van der Waals surface area contributed by atoms with Gasteiger partial charge in [0.25, 0.3) is 5.91 Å². The maximum absolute atomic E-state index is 13.1. The van der Waals surface area contributed by atoms with Crippen LogP contribution in [0.1, 0.15) is 54.6 Å². The molecule has 0 bridgehead atoms. The quantitative estimate of drug-likeness (QED) is 0.772. The second kappa shape index (κ2) is 8.88. The summed E-state index contributed by atoms with van der Waals surface area (Å²) >= 11 is 0. The molecule has 5 rings (SSSR count).